The van der Waals surface area contributed by atoms with E-state index in [1.165, 1.54) is 23.9 Å². The number of carbonyl (C=O) groups excluding carboxylic acids is 1. The fourth-order valence-electron chi connectivity index (χ4n) is 3.59. The van der Waals surface area contributed by atoms with Gasteiger partial charge in [0.15, 0.2) is 6.29 Å². The fourth-order valence-corrected chi connectivity index (χ4v) is 3.59. The number of ether oxygens (including phenoxy) is 3. The molecule has 0 radical (unpaired) electrons. The van der Waals surface area contributed by atoms with E-state index >= 15 is 0 Å². The molecule has 31 heavy (non-hydrogen) atoms. The summed E-state index contributed by atoms with van der Waals surface area (Å²) in [6.45, 7) is 6.22. The molecule has 0 aliphatic carbocycles. The van der Waals surface area contributed by atoms with Gasteiger partial charge in [-0.05, 0) is 56.6 Å². The van der Waals surface area contributed by atoms with E-state index in [1.54, 1.807) is 6.92 Å². The summed E-state index contributed by atoms with van der Waals surface area (Å²) in [5.74, 6) is 0.150. The molecule has 0 spiro atoms. The molecule has 1 saturated heterocycles. The van der Waals surface area contributed by atoms with E-state index in [9.17, 15) is 4.79 Å². The van der Waals surface area contributed by atoms with Crippen molar-refractivity contribution in [2.75, 3.05) is 31.7 Å². The van der Waals surface area contributed by atoms with E-state index in [0.717, 1.165) is 32.3 Å². The Balaban J connectivity index is 1.48. The number of carbonyl (C=O) groups is 1. The van der Waals surface area contributed by atoms with Gasteiger partial charge >= 0.3 is 5.97 Å². The predicted molar refractivity (Wildman–Crippen MR) is 119 cm³/mol. The van der Waals surface area contributed by atoms with E-state index in [1.807, 2.05) is 6.92 Å². The molecular weight excluding hydrogens is 394 g/mol. The second kappa shape index (κ2) is 12.4. The minimum atomic E-state index is -0.382. The Morgan fingerprint density at radius 3 is 2.58 bits per heavy atom. The zero-order valence-corrected chi connectivity index (χ0v) is 18.6. The molecule has 1 atom stereocenters. The maximum Gasteiger partial charge on any atom is 0.343 e. The molecular formula is C24H33N3O4. The number of benzene rings is 1. The van der Waals surface area contributed by atoms with Gasteiger partial charge in [-0.2, -0.15) is 0 Å². The summed E-state index contributed by atoms with van der Waals surface area (Å²) in [5.41, 5.74) is 3.60. The van der Waals surface area contributed by atoms with Crippen molar-refractivity contribution in [1.29, 1.82) is 0 Å². The standard InChI is InChI=1S/C24H33N3O4/c1-3-20-22(24(28)29-4-2)23(27-17-26-20)25-14-12-18-8-10-19(11-9-18)13-16-31-21-7-5-6-15-30-21/h8-11,17,21H,3-7,12-16H2,1-2H3,(H,25,26,27). The van der Waals surface area contributed by atoms with Crippen molar-refractivity contribution in [3.63, 3.8) is 0 Å². The average Bonchev–Trinajstić information content (AvgIpc) is 2.80. The minimum Gasteiger partial charge on any atom is -0.462 e. The normalized spacial score (nSPS) is 16.1. The summed E-state index contributed by atoms with van der Waals surface area (Å²) in [5, 5.41) is 3.28. The highest BCUT2D eigenvalue weighted by Crippen LogP contribution is 2.18. The third-order valence-corrected chi connectivity index (χ3v) is 5.30. The number of hydrogen-bond donors (Lipinski definition) is 1. The lowest BCUT2D eigenvalue weighted by molar-refractivity contribution is -0.161. The molecule has 168 valence electrons. The smallest absolute Gasteiger partial charge is 0.343 e. The molecule has 2 heterocycles. The summed E-state index contributed by atoms with van der Waals surface area (Å²) < 4.78 is 16.6. The quantitative estimate of drug-likeness (QED) is 0.544. The monoisotopic (exact) mass is 427 g/mol. The van der Waals surface area contributed by atoms with Crippen molar-refractivity contribution in [2.24, 2.45) is 0 Å². The average molecular weight is 428 g/mol. The molecule has 1 N–H and O–H groups in total. The number of hydrogen-bond acceptors (Lipinski definition) is 7. The first kappa shape index (κ1) is 23.2. The van der Waals surface area contributed by atoms with Crippen molar-refractivity contribution in [3.8, 4) is 0 Å². The Labute approximate surface area is 184 Å². The predicted octanol–water partition coefficient (Wildman–Crippen LogP) is 3.96. The third kappa shape index (κ3) is 7.01. The molecule has 3 rings (SSSR count). The van der Waals surface area contributed by atoms with Crippen LogP contribution in [0, 0.1) is 0 Å². The summed E-state index contributed by atoms with van der Waals surface area (Å²) in [6, 6.07) is 8.56. The van der Waals surface area contributed by atoms with Gasteiger partial charge in [0.05, 0.1) is 18.9 Å². The first-order valence-corrected chi connectivity index (χ1v) is 11.3. The number of rotatable bonds is 11. The lowest BCUT2D eigenvalue weighted by Crippen LogP contribution is -2.23. The summed E-state index contributed by atoms with van der Waals surface area (Å²) in [6.07, 6.45) is 7.11. The zero-order valence-electron chi connectivity index (χ0n) is 18.6. The van der Waals surface area contributed by atoms with Crippen LogP contribution in [-0.2, 0) is 33.5 Å². The van der Waals surface area contributed by atoms with Crippen LogP contribution in [0.4, 0.5) is 5.82 Å². The molecule has 1 unspecified atom stereocenters. The van der Waals surface area contributed by atoms with Gasteiger partial charge in [-0.15, -0.1) is 0 Å². The van der Waals surface area contributed by atoms with Crippen LogP contribution in [0.2, 0.25) is 0 Å². The highest BCUT2D eigenvalue weighted by molar-refractivity contribution is 5.95. The molecule has 0 amide bonds. The minimum absolute atomic E-state index is 0.0337. The highest BCUT2D eigenvalue weighted by Gasteiger charge is 2.19. The van der Waals surface area contributed by atoms with Crippen LogP contribution in [0.15, 0.2) is 30.6 Å². The summed E-state index contributed by atoms with van der Waals surface area (Å²) in [7, 11) is 0. The lowest BCUT2D eigenvalue weighted by Gasteiger charge is -2.22. The molecule has 1 fully saturated rings. The van der Waals surface area contributed by atoms with Crippen LogP contribution < -0.4 is 5.32 Å². The van der Waals surface area contributed by atoms with Crippen LogP contribution in [-0.4, -0.2) is 48.6 Å². The maximum atomic E-state index is 12.3. The van der Waals surface area contributed by atoms with Gasteiger partial charge in [0.1, 0.15) is 17.7 Å². The van der Waals surface area contributed by atoms with Gasteiger partial charge < -0.3 is 19.5 Å². The molecule has 1 aromatic carbocycles. The van der Waals surface area contributed by atoms with Gasteiger partial charge in [-0.3, -0.25) is 0 Å². The first-order chi connectivity index (χ1) is 15.2. The summed E-state index contributed by atoms with van der Waals surface area (Å²) >= 11 is 0. The molecule has 2 aromatic rings. The van der Waals surface area contributed by atoms with Crippen molar-refractivity contribution in [2.45, 2.75) is 58.7 Å². The van der Waals surface area contributed by atoms with Crippen LogP contribution in [0.5, 0.6) is 0 Å². The largest absolute Gasteiger partial charge is 0.462 e. The van der Waals surface area contributed by atoms with Gasteiger partial charge in [-0.25, -0.2) is 14.8 Å². The van der Waals surface area contributed by atoms with E-state index in [0.29, 0.717) is 43.3 Å². The second-order valence-electron chi connectivity index (χ2n) is 7.53. The molecule has 7 nitrogen and oxygen atoms in total. The Bertz CT molecular complexity index is 820. The van der Waals surface area contributed by atoms with Gasteiger partial charge in [0.2, 0.25) is 0 Å². The van der Waals surface area contributed by atoms with Gasteiger partial charge in [0.25, 0.3) is 0 Å². The van der Waals surface area contributed by atoms with E-state index < -0.39 is 0 Å². The van der Waals surface area contributed by atoms with E-state index in [-0.39, 0.29) is 12.3 Å². The number of anilines is 1. The lowest BCUT2D eigenvalue weighted by atomic mass is 10.1. The molecule has 7 heteroatoms. The molecule has 0 bridgehead atoms. The maximum absolute atomic E-state index is 12.3. The number of nitrogens with one attached hydrogen (secondary N) is 1. The summed E-state index contributed by atoms with van der Waals surface area (Å²) in [4.78, 5) is 20.8. The Morgan fingerprint density at radius 2 is 1.90 bits per heavy atom. The van der Waals surface area contributed by atoms with Gasteiger partial charge in [0, 0.05) is 13.2 Å². The number of esters is 1. The van der Waals surface area contributed by atoms with Crippen molar-refractivity contribution in [3.05, 3.63) is 53.0 Å². The van der Waals surface area contributed by atoms with E-state index in [2.05, 4.69) is 39.6 Å². The van der Waals surface area contributed by atoms with Crippen LogP contribution in [0.1, 0.15) is 60.3 Å². The van der Waals surface area contributed by atoms with Crippen molar-refractivity contribution >= 4 is 11.8 Å². The van der Waals surface area contributed by atoms with Crippen LogP contribution >= 0.6 is 0 Å². The topological polar surface area (TPSA) is 82.6 Å². The molecule has 1 aliphatic rings. The third-order valence-electron chi connectivity index (χ3n) is 5.30. The molecule has 0 saturated carbocycles. The van der Waals surface area contributed by atoms with Crippen molar-refractivity contribution in [1.82, 2.24) is 9.97 Å². The zero-order chi connectivity index (χ0) is 21.9. The van der Waals surface area contributed by atoms with Crippen molar-refractivity contribution < 1.29 is 19.0 Å². The number of aryl methyl sites for hydroxylation is 1. The Hall–Kier alpha value is -2.51. The van der Waals surface area contributed by atoms with E-state index in [4.69, 9.17) is 14.2 Å². The first-order valence-electron chi connectivity index (χ1n) is 11.3. The Kier molecular flexibility index (Phi) is 9.24. The van der Waals surface area contributed by atoms with Crippen LogP contribution in [0.25, 0.3) is 0 Å². The Morgan fingerprint density at radius 1 is 1.13 bits per heavy atom. The SMILES string of the molecule is CCOC(=O)c1c(CC)ncnc1NCCc1ccc(CCOC2CCCCO2)cc1. The van der Waals surface area contributed by atoms with Gasteiger partial charge in [-0.1, -0.05) is 31.2 Å². The molecule has 1 aliphatic heterocycles. The second-order valence-corrected chi connectivity index (χ2v) is 7.53. The number of aromatic nitrogens is 2. The number of nitrogens with zero attached hydrogens (tertiary/aromatic N) is 2. The highest BCUT2D eigenvalue weighted by atomic mass is 16.7. The fraction of sp³-hybridized carbons (Fsp3) is 0.542. The van der Waals surface area contributed by atoms with Crippen LogP contribution in [0.3, 0.4) is 0 Å². The molecule has 1 aromatic heterocycles.